The number of hydrogen-bond acceptors (Lipinski definition) is 6. The number of benzene rings is 2. The van der Waals surface area contributed by atoms with Crippen molar-refractivity contribution in [3.05, 3.63) is 89.8 Å². The van der Waals surface area contributed by atoms with Gasteiger partial charge in [-0.05, 0) is 61.4 Å². The van der Waals surface area contributed by atoms with Crippen molar-refractivity contribution < 1.29 is 24.2 Å². The Hall–Kier alpha value is -4.13. The molecule has 1 fully saturated rings. The monoisotopic (exact) mass is 472 g/mol. The molecule has 2 heterocycles. The normalized spacial score (nSPS) is 17.1. The smallest absolute Gasteiger partial charge is 0.300 e. The Labute approximate surface area is 204 Å². The number of aromatic nitrogens is 1. The number of pyridine rings is 1. The van der Waals surface area contributed by atoms with Crippen molar-refractivity contribution in [1.29, 1.82) is 0 Å². The van der Waals surface area contributed by atoms with Gasteiger partial charge in [-0.15, -0.1) is 0 Å². The van der Waals surface area contributed by atoms with Gasteiger partial charge in [0.25, 0.3) is 11.7 Å². The molecule has 1 atom stereocenters. The number of carbonyl (C=O) groups excluding carboxylic acids is 2. The van der Waals surface area contributed by atoms with Crippen LogP contribution in [-0.2, 0) is 9.59 Å². The average Bonchev–Trinajstić information content (AvgIpc) is 3.14. The molecule has 1 N–H and O–H groups in total. The predicted octanol–water partition coefficient (Wildman–Crippen LogP) is 5.14. The number of carbonyl (C=O) groups is 2. The minimum absolute atomic E-state index is 0.0244. The first-order valence-electron chi connectivity index (χ1n) is 11.6. The second kappa shape index (κ2) is 10.4. The van der Waals surface area contributed by atoms with Crippen molar-refractivity contribution in [2.75, 3.05) is 18.1 Å². The Kier molecular flexibility index (Phi) is 7.15. The number of aliphatic hydroxyl groups is 1. The maximum Gasteiger partial charge on any atom is 0.300 e. The maximum atomic E-state index is 13.3. The van der Waals surface area contributed by atoms with E-state index in [4.69, 9.17) is 9.47 Å². The lowest BCUT2D eigenvalue weighted by atomic mass is 9.98. The number of ketones is 1. The van der Waals surface area contributed by atoms with Gasteiger partial charge in [0, 0.05) is 17.4 Å². The van der Waals surface area contributed by atoms with E-state index >= 15 is 0 Å². The van der Waals surface area contributed by atoms with Crippen LogP contribution in [0.2, 0.25) is 0 Å². The van der Waals surface area contributed by atoms with Gasteiger partial charge in [0.1, 0.15) is 23.3 Å². The van der Waals surface area contributed by atoms with E-state index in [1.165, 1.54) is 4.90 Å². The molecule has 1 aliphatic rings. The highest BCUT2D eigenvalue weighted by molar-refractivity contribution is 6.51. The summed E-state index contributed by atoms with van der Waals surface area (Å²) >= 11 is 0. The van der Waals surface area contributed by atoms with E-state index in [0.717, 1.165) is 0 Å². The maximum absolute atomic E-state index is 13.3. The van der Waals surface area contributed by atoms with Crippen molar-refractivity contribution in [1.82, 2.24) is 4.98 Å². The van der Waals surface area contributed by atoms with Gasteiger partial charge in [0.15, 0.2) is 0 Å². The number of nitrogens with zero attached hydrogens (tertiary/aromatic N) is 2. The van der Waals surface area contributed by atoms with Gasteiger partial charge < -0.3 is 14.6 Å². The third kappa shape index (κ3) is 5.04. The first-order valence-corrected chi connectivity index (χ1v) is 11.6. The van der Waals surface area contributed by atoms with Crippen LogP contribution in [0.3, 0.4) is 0 Å². The fourth-order valence-electron chi connectivity index (χ4n) is 3.94. The molecule has 1 saturated heterocycles. The van der Waals surface area contributed by atoms with E-state index in [9.17, 15) is 14.7 Å². The Morgan fingerprint density at radius 1 is 1.00 bits per heavy atom. The molecule has 180 valence electrons. The summed E-state index contributed by atoms with van der Waals surface area (Å²) in [6.45, 7) is 6.99. The van der Waals surface area contributed by atoms with Crippen molar-refractivity contribution in [2.24, 2.45) is 5.92 Å². The molecule has 0 saturated carbocycles. The molecule has 1 aliphatic heterocycles. The predicted molar refractivity (Wildman–Crippen MR) is 133 cm³/mol. The molecule has 35 heavy (non-hydrogen) atoms. The standard InChI is InChI=1S/C28H28N2O5/c1-4-34-21-13-11-20(12-14-21)30-25(23-10-5-6-15-29-23)24(27(32)28(30)33)26(31)19-8-7-9-22(16-19)35-17-18(2)3/h5-16,18,25,31H,4,17H2,1-3H3/b26-24-. The number of hydrogen-bond donors (Lipinski definition) is 1. The summed E-state index contributed by atoms with van der Waals surface area (Å²) < 4.78 is 11.3. The molecule has 1 unspecified atom stereocenters. The van der Waals surface area contributed by atoms with Crippen LogP contribution in [-0.4, -0.2) is 35.0 Å². The van der Waals surface area contributed by atoms with Crippen LogP contribution in [0.1, 0.15) is 38.1 Å². The summed E-state index contributed by atoms with van der Waals surface area (Å²) in [5, 5.41) is 11.3. The quantitative estimate of drug-likeness (QED) is 0.277. The lowest BCUT2D eigenvalue weighted by molar-refractivity contribution is -0.132. The first-order chi connectivity index (χ1) is 16.9. The van der Waals surface area contributed by atoms with Gasteiger partial charge in [-0.3, -0.25) is 19.5 Å². The van der Waals surface area contributed by atoms with Gasteiger partial charge in [-0.1, -0.05) is 32.0 Å². The number of rotatable bonds is 8. The van der Waals surface area contributed by atoms with Gasteiger partial charge in [0.05, 0.1) is 24.5 Å². The molecule has 0 radical (unpaired) electrons. The van der Waals surface area contributed by atoms with Crippen LogP contribution in [0.5, 0.6) is 11.5 Å². The van der Waals surface area contributed by atoms with E-state index in [2.05, 4.69) is 4.98 Å². The van der Waals surface area contributed by atoms with E-state index in [1.807, 2.05) is 20.8 Å². The zero-order valence-corrected chi connectivity index (χ0v) is 20.0. The molecule has 2 aromatic carbocycles. The highest BCUT2D eigenvalue weighted by atomic mass is 16.5. The third-order valence-corrected chi connectivity index (χ3v) is 5.53. The number of ether oxygens (including phenoxy) is 2. The van der Waals surface area contributed by atoms with E-state index in [-0.39, 0.29) is 11.3 Å². The van der Waals surface area contributed by atoms with Crippen LogP contribution < -0.4 is 14.4 Å². The highest BCUT2D eigenvalue weighted by Crippen LogP contribution is 2.42. The zero-order chi connectivity index (χ0) is 24.9. The van der Waals surface area contributed by atoms with Crippen LogP contribution in [0, 0.1) is 5.92 Å². The van der Waals surface area contributed by atoms with Crippen molar-refractivity contribution in [3.63, 3.8) is 0 Å². The molecule has 1 amide bonds. The van der Waals surface area contributed by atoms with Gasteiger partial charge in [-0.2, -0.15) is 0 Å². The molecule has 4 rings (SSSR count). The molecular formula is C28H28N2O5. The Morgan fingerprint density at radius 2 is 1.77 bits per heavy atom. The summed E-state index contributed by atoms with van der Waals surface area (Å²) in [4.78, 5) is 32.3. The second-order valence-electron chi connectivity index (χ2n) is 8.58. The Bertz CT molecular complexity index is 1240. The molecule has 0 aliphatic carbocycles. The van der Waals surface area contributed by atoms with E-state index in [1.54, 1.807) is 72.9 Å². The lowest BCUT2D eigenvalue weighted by Gasteiger charge is -2.24. The molecule has 7 heteroatoms. The fourth-order valence-corrected chi connectivity index (χ4v) is 3.94. The van der Waals surface area contributed by atoms with Crippen molar-refractivity contribution in [2.45, 2.75) is 26.8 Å². The highest BCUT2D eigenvalue weighted by Gasteiger charge is 2.47. The largest absolute Gasteiger partial charge is 0.507 e. The molecule has 3 aromatic rings. The fraction of sp³-hybridized carbons (Fsp3) is 0.250. The molecule has 7 nitrogen and oxygen atoms in total. The first kappa shape index (κ1) is 24.0. The van der Waals surface area contributed by atoms with Gasteiger partial charge >= 0.3 is 0 Å². The van der Waals surface area contributed by atoms with Crippen LogP contribution >= 0.6 is 0 Å². The second-order valence-corrected chi connectivity index (χ2v) is 8.58. The number of amides is 1. The van der Waals surface area contributed by atoms with Gasteiger partial charge in [0.2, 0.25) is 0 Å². The summed E-state index contributed by atoms with van der Waals surface area (Å²) in [6.07, 6.45) is 1.59. The minimum Gasteiger partial charge on any atom is -0.507 e. The van der Waals surface area contributed by atoms with Crippen LogP contribution in [0.4, 0.5) is 5.69 Å². The summed E-state index contributed by atoms with van der Waals surface area (Å²) in [5.74, 6) is -0.240. The summed E-state index contributed by atoms with van der Waals surface area (Å²) in [6, 6.07) is 18.1. The number of Topliss-reactive ketones (excluding diaryl/α,β-unsaturated/α-hetero) is 1. The van der Waals surface area contributed by atoms with E-state index in [0.29, 0.717) is 47.6 Å². The van der Waals surface area contributed by atoms with Crippen molar-refractivity contribution in [3.8, 4) is 11.5 Å². The minimum atomic E-state index is -0.894. The van der Waals surface area contributed by atoms with Crippen molar-refractivity contribution >= 4 is 23.1 Å². The SMILES string of the molecule is CCOc1ccc(N2C(=O)C(=O)/C(=C(\O)c3cccc(OCC(C)C)c3)C2c2ccccn2)cc1. The Morgan fingerprint density at radius 3 is 2.43 bits per heavy atom. The molecule has 0 bridgehead atoms. The molecule has 0 spiro atoms. The van der Waals surface area contributed by atoms with Crippen LogP contribution in [0.25, 0.3) is 5.76 Å². The van der Waals surface area contributed by atoms with E-state index < -0.39 is 17.7 Å². The molecular weight excluding hydrogens is 444 g/mol. The van der Waals surface area contributed by atoms with Gasteiger partial charge in [-0.25, -0.2) is 0 Å². The summed E-state index contributed by atoms with van der Waals surface area (Å²) in [5.41, 5.74) is 1.33. The number of anilines is 1. The van der Waals surface area contributed by atoms with Crippen LogP contribution in [0.15, 0.2) is 78.5 Å². The summed E-state index contributed by atoms with van der Waals surface area (Å²) in [7, 11) is 0. The third-order valence-electron chi connectivity index (χ3n) is 5.53. The Balaban J connectivity index is 1.81. The number of aliphatic hydroxyl groups excluding tert-OH is 1. The zero-order valence-electron chi connectivity index (χ0n) is 20.0. The molecule has 1 aromatic heterocycles. The lowest BCUT2D eigenvalue weighted by Crippen LogP contribution is -2.29. The topological polar surface area (TPSA) is 89.0 Å². The average molecular weight is 473 g/mol.